The van der Waals surface area contributed by atoms with Crippen molar-refractivity contribution in [1.29, 1.82) is 0 Å². The molecule has 4 saturated heterocycles. The fourth-order valence-electron chi connectivity index (χ4n) is 6.17. The molecule has 4 fully saturated rings. The van der Waals surface area contributed by atoms with Gasteiger partial charge in [0.25, 0.3) is 0 Å². The van der Waals surface area contributed by atoms with E-state index in [4.69, 9.17) is 33.2 Å². The Labute approximate surface area is 285 Å². The highest BCUT2D eigenvalue weighted by atomic mass is 16.8. The van der Waals surface area contributed by atoms with Crippen molar-refractivity contribution in [2.24, 2.45) is 0 Å². The first-order valence-electron chi connectivity index (χ1n) is 15.9. The van der Waals surface area contributed by atoms with Crippen LogP contribution in [0.15, 0.2) is 0 Å². The molecule has 0 aromatic heterocycles. The normalized spacial score (nSPS) is 48.5. The van der Waals surface area contributed by atoms with E-state index in [2.05, 4.69) is 10.6 Å². The van der Waals surface area contributed by atoms with Crippen molar-refractivity contribution in [3.8, 4) is 0 Å². The molecule has 13 N–H and O–H groups in total. The summed E-state index contributed by atoms with van der Waals surface area (Å²) in [4.78, 5) is 23.9. The molecule has 290 valence electrons. The number of hydrogen-bond donors (Lipinski definition) is 13. The van der Waals surface area contributed by atoms with Crippen LogP contribution < -0.4 is 10.6 Å². The van der Waals surface area contributed by atoms with E-state index in [-0.39, 0.29) is 0 Å². The van der Waals surface area contributed by atoms with Gasteiger partial charge < -0.3 is 100.0 Å². The fraction of sp³-hybridized carbons (Fsp3) is 0.929. The number of nitrogens with one attached hydrogen (secondary N) is 2. The van der Waals surface area contributed by atoms with E-state index in [1.165, 1.54) is 6.92 Å². The molecule has 1 unspecified atom stereocenters. The number of rotatable bonds is 11. The molecule has 0 spiro atoms. The van der Waals surface area contributed by atoms with Gasteiger partial charge in [-0.25, -0.2) is 0 Å². The molecule has 22 heteroatoms. The molecule has 0 radical (unpaired) electrons. The highest BCUT2D eigenvalue weighted by Crippen LogP contribution is 2.33. The molecule has 4 rings (SSSR count). The van der Waals surface area contributed by atoms with Gasteiger partial charge in [-0.2, -0.15) is 0 Å². The summed E-state index contributed by atoms with van der Waals surface area (Å²) in [5, 5.41) is 120. The van der Waals surface area contributed by atoms with Crippen molar-refractivity contribution in [2.45, 2.75) is 143 Å². The SMILES string of the molecule is CC(=O)N[C@H]1[C@H](OC[C@H]2OC(O)[C@H](NC(C)=O)[C@@H](O[C@@H]3O[C@H](CO)[C@H](O)[C@H](O)[C@H]3O[C@@H]3O[C@@H](C)[C@@H](O)[C@@H](O)[C@@H]3O)[C@H]2O)O[C@H](CO)[C@H](O)[C@@H]1O. The molecule has 50 heavy (non-hydrogen) atoms. The molecule has 20 atom stereocenters. The van der Waals surface area contributed by atoms with E-state index in [1.54, 1.807) is 0 Å². The molecular formula is C28H48N2O20. The first-order valence-corrected chi connectivity index (χ1v) is 15.9. The number of ether oxygens (including phenoxy) is 7. The maximum absolute atomic E-state index is 12.1. The van der Waals surface area contributed by atoms with Gasteiger partial charge in [0.2, 0.25) is 11.8 Å². The summed E-state index contributed by atoms with van der Waals surface area (Å²) >= 11 is 0. The average molecular weight is 733 g/mol. The van der Waals surface area contributed by atoms with Crippen molar-refractivity contribution in [1.82, 2.24) is 10.6 Å². The summed E-state index contributed by atoms with van der Waals surface area (Å²) in [6.45, 7) is 1.29. The second-order valence-corrected chi connectivity index (χ2v) is 12.6. The first kappa shape index (κ1) is 41.0. The molecule has 4 heterocycles. The Kier molecular flexibility index (Phi) is 14.2. The zero-order valence-electron chi connectivity index (χ0n) is 27.3. The smallest absolute Gasteiger partial charge is 0.217 e. The summed E-state index contributed by atoms with van der Waals surface area (Å²) in [6.07, 6.45) is -30.1. The predicted molar refractivity (Wildman–Crippen MR) is 156 cm³/mol. The third kappa shape index (κ3) is 8.87. The van der Waals surface area contributed by atoms with Gasteiger partial charge in [0.15, 0.2) is 25.2 Å². The second-order valence-electron chi connectivity index (χ2n) is 12.6. The van der Waals surface area contributed by atoms with Crippen molar-refractivity contribution in [2.75, 3.05) is 19.8 Å². The molecule has 0 aromatic carbocycles. The highest BCUT2D eigenvalue weighted by Gasteiger charge is 2.54. The van der Waals surface area contributed by atoms with Crippen LogP contribution in [-0.2, 0) is 42.7 Å². The summed E-state index contributed by atoms with van der Waals surface area (Å²) in [6, 6.07) is -2.92. The Hall–Kier alpha value is -1.78. The molecule has 0 saturated carbocycles. The minimum Gasteiger partial charge on any atom is -0.394 e. The van der Waals surface area contributed by atoms with E-state index in [0.29, 0.717) is 0 Å². The van der Waals surface area contributed by atoms with Gasteiger partial charge in [-0.1, -0.05) is 0 Å². The Bertz CT molecular complexity index is 1130. The quantitative estimate of drug-likeness (QED) is 0.0938. The maximum Gasteiger partial charge on any atom is 0.217 e. The van der Waals surface area contributed by atoms with E-state index >= 15 is 0 Å². The number of amides is 2. The van der Waals surface area contributed by atoms with Crippen LogP contribution in [0.4, 0.5) is 0 Å². The minimum atomic E-state index is -1.93. The molecule has 4 aliphatic rings. The van der Waals surface area contributed by atoms with Crippen LogP contribution in [0.1, 0.15) is 20.8 Å². The Morgan fingerprint density at radius 3 is 1.68 bits per heavy atom. The molecule has 2 amide bonds. The van der Waals surface area contributed by atoms with E-state index in [1.807, 2.05) is 0 Å². The summed E-state index contributed by atoms with van der Waals surface area (Å²) in [7, 11) is 0. The maximum atomic E-state index is 12.1. The highest BCUT2D eigenvalue weighted by molar-refractivity contribution is 5.73. The fourth-order valence-corrected chi connectivity index (χ4v) is 6.17. The van der Waals surface area contributed by atoms with Crippen molar-refractivity contribution < 1.29 is 98.9 Å². The monoisotopic (exact) mass is 732 g/mol. The Morgan fingerprint density at radius 1 is 0.560 bits per heavy atom. The standard InChI is InChI=1S/C28H48N2O20/c1-7-15(35)20(40)22(42)27(45-7)50-24-21(41)17(37)11(5-32)48-28(24)49-23-14(30-9(3)34)25(43)46-12(18(23)38)6-44-26-13(29-8(2)33)19(39)16(36)10(4-31)47-26/h7,10-28,31-32,35-43H,4-6H2,1-3H3,(H,29,33)(H,30,34)/t7-,10+,11+,12+,13+,14+,15+,16-,17-,18-,19+,20+,21-,22-,23+,24+,25?,26+,27-,28-/m0/s1. The number of aliphatic hydroxyl groups excluding tert-OH is 11. The summed E-state index contributed by atoms with van der Waals surface area (Å²) in [5.41, 5.74) is 0. The van der Waals surface area contributed by atoms with Crippen LogP contribution in [0.5, 0.6) is 0 Å². The van der Waals surface area contributed by atoms with Crippen LogP contribution >= 0.6 is 0 Å². The van der Waals surface area contributed by atoms with E-state index in [9.17, 15) is 65.8 Å². The lowest BCUT2D eigenvalue weighted by Gasteiger charge is -2.49. The van der Waals surface area contributed by atoms with E-state index < -0.39 is 154 Å². The lowest BCUT2D eigenvalue weighted by molar-refractivity contribution is -0.381. The topological polar surface area (TPSA) is 345 Å². The van der Waals surface area contributed by atoms with Gasteiger partial charge in [-0.05, 0) is 6.92 Å². The lowest BCUT2D eigenvalue weighted by Crippen LogP contribution is -2.69. The lowest BCUT2D eigenvalue weighted by atomic mass is 9.95. The molecule has 4 aliphatic heterocycles. The Balaban J connectivity index is 1.58. The third-order valence-electron chi connectivity index (χ3n) is 8.95. The van der Waals surface area contributed by atoms with Gasteiger partial charge in [-0.3, -0.25) is 9.59 Å². The van der Waals surface area contributed by atoms with Crippen LogP contribution in [-0.4, -0.2) is 211 Å². The van der Waals surface area contributed by atoms with Crippen LogP contribution in [0.3, 0.4) is 0 Å². The van der Waals surface area contributed by atoms with Gasteiger partial charge in [0, 0.05) is 13.8 Å². The molecule has 22 nitrogen and oxygen atoms in total. The van der Waals surface area contributed by atoms with Crippen molar-refractivity contribution in [3.63, 3.8) is 0 Å². The number of hydrogen-bond acceptors (Lipinski definition) is 20. The number of carbonyl (C=O) groups excluding carboxylic acids is 2. The zero-order valence-corrected chi connectivity index (χ0v) is 27.3. The van der Waals surface area contributed by atoms with Gasteiger partial charge >= 0.3 is 0 Å². The molecule has 0 aliphatic carbocycles. The average Bonchev–Trinajstić information content (AvgIpc) is 3.06. The second kappa shape index (κ2) is 17.4. The predicted octanol–water partition coefficient (Wildman–Crippen LogP) is -8.43. The van der Waals surface area contributed by atoms with Gasteiger partial charge in [0.1, 0.15) is 91.4 Å². The minimum absolute atomic E-state index is 0.638. The molecule has 0 bridgehead atoms. The Morgan fingerprint density at radius 2 is 1.10 bits per heavy atom. The van der Waals surface area contributed by atoms with Crippen LogP contribution in [0.25, 0.3) is 0 Å². The third-order valence-corrected chi connectivity index (χ3v) is 8.95. The first-order chi connectivity index (χ1) is 23.5. The van der Waals surface area contributed by atoms with Crippen molar-refractivity contribution >= 4 is 11.8 Å². The van der Waals surface area contributed by atoms with Gasteiger partial charge in [0.05, 0.1) is 25.9 Å². The zero-order chi connectivity index (χ0) is 37.2. The van der Waals surface area contributed by atoms with E-state index in [0.717, 1.165) is 13.8 Å². The van der Waals surface area contributed by atoms with Crippen LogP contribution in [0.2, 0.25) is 0 Å². The number of carbonyl (C=O) groups is 2. The summed E-state index contributed by atoms with van der Waals surface area (Å²) in [5.74, 6) is -1.35. The van der Waals surface area contributed by atoms with Gasteiger partial charge in [-0.15, -0.1) is 0 Å². The molecule has 0 aromatic rings. The largest absolute Gasteiger partial charge is 0.394 e. The van der Waals surface area contributed by atoms with Crippen LogP contribution in [0, 0.1) is 0 Å². The number of aliphatic hydroxyl groups is 11. The summed E-state index contributed by atoms with van der Waals surface area (Å²) < 4.78 is 39.4. The molecular weight excluding hydrogens is 684 g/mol. The van der Waals surface area contributed by atoms with Crippen molar-refractivity contribution in [3.05, 3.63) is 0 Å².